The van der Waals surface area contributed by atoms with Gasteiger partial charge in [0, 0.05) is 28.4 Å². The quantitative estimate of drug-likeness (QED) is 0.250. The summed E-state index contributed by atoms with van der Waals surface area (Å²) in [4.78, 5) is 18.5. The fraction of sp³-hybridized carbons (Fsp3) is 0.320. The highest BCUT2D eigenvalue weighted by molar-refractivity contribution is 7.99. The van der Waals surface area contributed by atoms with E-state index in [-0.39, 0.29) is 17.3 Å². The number of hydrogen-bond acceptors (Lipinski definition) is 6. The van der Waals surface area contributed by atoms with Gasteiger partial charge in [0.1, 0.15) is 5.75 Å². The summed E-state index contributed by atoms with van der Waals surface area (Å²) in [5.74, 6) is 1.01. The van der Waals surface area contributed by atoms with Crippen LogP contribution in [0.1, 0.15) is 35.4 Å². The van der Waals surface area contributed by atoms with E-state index >= 15 is 0 Å². The number of hydrogen-bond donors (Lipinski definition) is 1. The van der Waals surface area contributed by atoms with Crippen LogP contribution in [-0.4, -0.2) is 55.9 Å². The zero-order valence-corrected chi connectivity index (χ0v) is 19.8. The molecule has 0 unspecified atom stereocenters. The second-order valence-corrected chi connectivity index (χ2v) is 9.35. The van der Waals surface area contributed by atoms with Crippen LogP contribution in [0.3, 0.4) is 0 Å². The normalized spacial score (nSPS) is 14.6. The Hall–Kier alpha value is -3.24. The molecule has 5 rings (SSSR count). The maximum atomic E-state index is 13.0. The molecule has 0 bridgehead atoms. The van der Waals surface area contributed by atoms with Gasteiger partial charge in [-0.2, -0.15) is 8.78 Å². The third-order valence-corrected chi connectivity index (χ3v) is 6.99. The van der Waals surface area contributed by atoms with E-state index in [1.54, 1.807) is 18.3 Å². The van der Waals surface area contributed by atoms with Gasteiger partial charge < -0.3 is 9.72 Å². The number of ketones is 1. The Balaban J connectivity index is 1.39. The Morgan fingerprint density at radius 1 is 1.06 bits per heavy atom. The Morgan fingerprint density at radius 3 is 2.60 bits per heavy atom. The average Bonchev–Trinajstić information content (AvgIpc) is 3.48. The van der Waals surface area contributed by atoms with E-state index in [0.29, 0.717) is 17.3 Å². The van der Waals surface area contributed by atoms with Crippen molar-refractivity contribution in [3.8, 4) is 11.4 Å². The molecule has 1 fully saturated rings. The van der Waals surface area contributed by atoms with Crippen molar-refractivity contribution in [3.05, 3.63) is 66.1 Å². The number of halogens is 2. The molecule has 1 N–H and O–H groups in total. The van der Waals surface area contributed by atoms with Crippen LogP contribution in [0.2, 0.25) is 0 Å². The van der Waals surface area contributed by atoms with E-state index in [2.05, 4.69) is 24.8 Å². The summed E-state index contributed by atoms with van der Waals surface area (Å²) >= 11 is 1.31. The summed E-state index contributed by atoms with van der Waals surface area (Å²) in [7, 11) is 0. The van der Waals surface area contributed by atoms with Crippen LogP contribution >= 0.6 is 11.8 Å². The molecule has 0 aliphatic carbocycles. The topological polar surface area (TPSA) is 76.0 Å². The molecule has 7 nitrogen and oxygen atoms in total. The number of piperidine rings is 1. The smallest absolute Gasteiger partial charge is 0.387 e. The molecule has 1 aliphatic heterocycles. The number of aromatic nitrogens is 4. The average molecular weight is 498 g/mol. The van der Waals surface area contributed by atoms with Gasteiger partial charge in [-0.25, -0.2) is 0 Å². The first-order chi connectivity index (χ1) is 17.1. The number of H-pyrrole nitrogens is 1. The number of fused-ring (bicyclic) bond motifs is 1. The Kier molecular flexibility index (Phi) is 7.10. The van der Waals surface area contributed by atoms with Crippen molar-refractivity contribution < 1.29 is 18.3 Å². The fourth-order valence-electron chi connectivity index (χ4n) is 4.36. The molecular formula is C25H25F2N5O2S. The van der Waals surface area contributed by atoms with Gasteiger partial charge in [0.05, 0.1) is 12.3 Å². The predicted molar refractivity (Wildman–Crippen MR) is 130 cm³/mol. The molecule has 2 aromatic carbocycles. The molecule has 1 saturated heterocycles. The van der Waals surface area contributed by atoms with Crippen molar-refractivity contribution in [1.82, 2.24) is 24.6 Å². The molecule has 0 saturated carbocycles. The second-order valence-electron chi connectivity index (χ2n) is 8.40. The first-order valence-corrected chi connectivity index (χ1v) is 12.5. The van der Waals surface area contributed by atoms with Crippen molar-refractivity contribution in [2.24, 2.45) is 0 Å². The molecule has 4 aromatic rings. The predicted octanol–water partition coefficient (Wildman–Crippen LogP) is 5.31. The number of nitrogens with one attached hydrogen (secondary N) is 1. The molecule has 0 amide bonds. The molecule has 35 heavy (non-hydrogen) atoms. The van der Waals surface area contributed by atoms with Gasteiger partial charge in [-0.1, -0.05) is 36.4 Å². The van der Waals surface area contributed by atoms with E-state index in [1.807, 2.05) is 28.8 Å². The van der Waals surface area contributed by atoms with Gasteiger partial charge in [-0.05, 0) is 56.3 Å². The van der Waals surface area contributed by atoms with Gasteiger partial charge in [0.25, 0.3) is 0 Å². The maximum absolute atomic E-state index is 13.0. The van der Waals surface area contributed by atoms with Gasteiger partial charge in [-0.15, -0.1) is 10.2 Å². The van der Waals surface area contributed by atoms with Crippen LogP contribution in [0.4, 0.5) is 8.78 Å². The SMILES string of the molecule is O=C(CSc1nnc(CN2CCCCC2)n1-c1ccc(OC(F)F)cc1)c1c[nH]c2ccccc12. The molecule has 0 atom stereocenters. The number of para-hydroxylation sites is 1. The third kappa shape index (κ3) is 5.38. The summed E-state index contributed by atoms with van der Waals surface area (Å²) in [5.41, 5.74) is 2.28. The molecule has 2 aromatic heterocycles. The number of aromatic amines is 1. The molecule has 0 radical (unpaired) electrons. The number of ether oxygens (including phenoxy) is 1. The molecule has 1 aliphatic rings. The highest BCUT2D eigenvalue weighted by Gasteiger charge is 2.21. The van der Waals surface area contributed by atoms with Gasteiger partial charge >= 0.3 is 6.61 Å². The van der Waals surface area contributed by atoms with E-state index in [9.17, 15) is 13.6 Å². The molecular weight excluding hydrogens is 472 g/mol. The summed E-state index contributed by atoms with van der Waals surface area (Å²) in [6, 6.07) is 14.1. The van der Waals surface area contributed by atoms with E-state index in [1.165, 1.54) is 30.3 Å². The summed E-state index contributed by atoms with van der Waals surface area (Å²) in [6.07, 6.45) is 5.26. The van der Waals surface area contributed by atoms with E-state index < -0.39 is 6.61 Å². The van der Waals surface area contributed by atoms with Gasteiger partial charge in [0.15, 0.2) is 16.8 Å². The van der Waals surface area contributed by atoms with Crippen molar-refractivity contribution in [3.63, 3.8) is 0 Å². The van der Waals surface area contributed by atoms with Crippen LogP contribution in [0.25, 0.3) is 16.6 Å². The molecule has 10 heteroatoms. The monoisotopic (exact) mass is 497 g/mol. The first-order valence-electron chi connectivity index (χ1n) is 11.5. The molecule has 182 valence electrons. The van der Waals surface area contributed by atoms with Crippen molar-refractivity contribution in [2.45, 2.75) is 37.6 Å². The number of alkyl halides is 2. The fourth-order valence-corrected chi connectivity index (χ4v) is 5.21. The van der Waals surface area contributed by atoms with Crippen LogP contribution in [0.15, 0.2) is 59.9 Å². The van der Waals surface area contributed by atoms with Crippen LogP contribution in [0, 0.1) is 0 Å². The highest BCUT2D eigenvalue weighted by Crippen LogP contribution is 2.27. The number of likely N-dealkylation sites (tertiary alicyclic amines) is 1. The van der Waals surface area contributed by atoms with E-state index in [4.69, 9.17) is 0 Å². The molecule has 3 heterocycles. The minimum atomic E-state index is -2.88. The number of thioether (sulfide) groups is 1. The Labute approximate surface area is 205 Å². The summed E-state index contributed by atoms with van der Waals surface area (Å²) in [6.45, 7) is -0.267. The van der Waals surface area contributed by atoms with Gasteiger partial charge in [-0.3, -0.25) is 14.3 Å². The minimum absolute atomic E-state index is 0.0136. The number of carbonyl (C=O) groups is 1. The van der Waals surface area contributed by atoms with E-state index in [0.717, 1.165) is 48.3 Å². The molecule has 0 spiro atoms. The number of rotatable bonds is 9. The lowest BCUT2D eigenvalue weighted by molar-refractivity contribution is -0.0498. The number of benzene rings is 2. The standard InChI is InChI=1S/C25H25F2N5O2S/c26-24(27)34-18-10-8-17(9-11-18)32-23(15-31-12-4-1-5-13-31)29-30-25(32)35-16-22(33)20-14-28-21-7-3-2-6-19(20)21/h2-3,6-11,14,24,28H,1,4-5,12-13,15-16H2. The van der Waals surface area contributed by atoms with Crippen molar-refractivity contribution in [1.29, 1.82) is 0 Å². The van der Waals surface area contributed by atoms with Crippen LogP contribution in [0.5, 0.6) is 5.75 Å². The lowest BCUT2D eigenvalue weighted by Gasteiger charge is -2.26. The summed E-state index contributed by atoms with van der Waals surface area (Å²) < 4.78 is 31.6. The van der Waals surface area contributed by atoms with Crippen LogP contribution < -0.4 is 4.74 Å². The number of nitrogens with zero attached hydrogens (tertiary/aromatic N) is 4. The Morgan fingerprint density at radius 2 is 1.83 bits per heavy atom. The largest absolute Gasteiger partial charge is 0.435 e. The van der Waals surface area contributed by atoms with Gasteiger partial charge in [0.2, 0.25) is 0 Å². The third-order valence-electron chi connectivity index (χ3n) is 6.06. The highest BCUT2D eigenvalue weighted by atomic mass is 32.2. The van der Waals surface area contributed by atoms with Crippen LogP contribution in [-0.2, 0) is 6.54 Å². The Bertz CT molecular complexity index is 1300. The lowest BCUT2D eigenvalue weighted by atomic mass is 10.1. The lowest BCUT2D eigenvalue weighted by Crippen LogP contribution is -2.30. The zero-order valence-electron chi connectivity index (χ0n) is 19.0. The van der Waals surface area contributed by atoms with Crippen molar-refractivity contribution in [2.75, 3.05) is 18.8 Å². The first kappa shape index (κ1) is 23.5. The minimum Gasteiger partial charge on any atom is -0.435 e. The summed E-state index contributed by atoms with van der Waals surface area (Å²) in [5, 5.41) is 10.3. The second kappa shape index (κ2) is 10.6. The number of carbonyl (C=O) groups excluding carboxylic acids is 1. The zero-order chi connectivity index (χ0) is 24.2. The number of Topliss-reactive ketones (excluding diaryl/α,β-unsaturated/α-hetero) is 1. The maximum Gasteiger partial charge on any atom is 0.387 e. The van der Waals surface area contributed by atoms with Crippen molar-refractivity contribution >= 4 is 28.4 Å².